The summed E-state index contributed by atoms with van der Waals surface area (Å²) in [6.07, 6.45) is 4.57. The number of hydrogen-bond acceptors (Lipinski definition) is 6. The van der Waals surface area contributed by atoms with Crippen molar-refractivity contribution in [3.05, 3.63) is 64.2 Å². The molecule has 0 bridgehead atoms. The molecule has 0 aliphatic carbocycles. The molecule has 3 aromatic rings. The maximum absolute atomic E-state index is 5.86. The monoisotopic (exact) mass is 553 g/mol. The molecule has 2 N–H and O–H groups in total. The van der Waals surface area contributed by atoms with Crippen molar-refractivity contribution in [2.24, 2.45) is 4.99 Å². The average molecular weight is 553 g/mol. The summed E-state index contributed by atoms with van der Waals surface area (Å²) in [6.45, 7) is 5.98. The number of pyridine rings is 1. The summed E-state index contributed by atoms with van der Waals surface area (Å²) >= 11 is 1.72. The van der Waals surface area contributed by atoms with Crippen LogP contribution in [0.3, 0.4) is 0 Å². The van der Waals surface area contributed by atoms with Crippen LogP contribution in [0.4, 0.5) is 0 Å². The number of benzene rings is 1. The summed E-state index contributed by atoms with van der Waals surface area (Å²) in [7, 11) is 1.76. The van der Waals surface area contributed by atoms with Gasteiger partial charge in [-0.15, -0.1) is 35.3 Å². The molecule has 0 radical (unpaired) electrons. The highest BCUT2D eigenvalue weighted by Gasteiger charge is 2.06. The molecule has 2 aromatic heterocycles. The molecule has 9 heteroatoms. The Hall–Kier alpha value is -2.40. The van der Waals surface area contributed by atoms with Gasteiger partial charge in [-0.2, -0.15) is 0 Å². The van der Waals surface area contributed by atoms with E-state index in [2.05, 4.69) is 32.5 Å². The number of nitrogens with one attached hydrogen (secondary N) is 2. The number of aliphatic imine (C=N–C) groups is 1. The second-order valence-corrected chi connectivity index (χ2v) is 7.77. The SMILES string of the molecule is CCOc1ccccc1Oc1ccc(CNC(=NC)NCCc2ncc(C)s2)cn1.I. The van der Waals surface area contributed by atoms with E-state index in [-0.39, 0.29) is 24.0 Å². The Balaban J connectivity index is 0.00000341. The van der Waals surface area contributed by atoms with Gasteiger partial charge in [0, 0.05) is 49.9 Å². The van der Waals surface area contributed by atoms with Crippen LogP contribution in [0.15, 0.2) is 53.8 Å². The van der Waals surface area contributed by atoms with E-state index >= 15 is 0 Å². The number of thiazole rings is 1. The molecule has 0 fully saturated rings. The molecule has 0 saturated carbocycles. The lowest BCUT2D eigenvalue weighted by Gasteiger charge is -2.12. The predicted molar refractivity (Wildman–Crippen MR) is 136 cm³/mol. The van der Waals surface area contributed by atoms with Crippen molar-refractivity contribution in [3.63, 3.8) is 0 Å². The first-order valence-electron chi connectivity index (χ1n) is 9.88. The van der Waals surface area contributed by atoms with Crippen molar-refractivity contribution in [3.8, 4) is 17.4 Å². The number of halogens is 1. The quantitative estimate of drug-likeness (QED) is 0.230. The Morgan fingerprint density at radius 2 is 1.87 bits per heavy atom. The van der Waals surface area contributed by atoms with E-state index in [1.165, 1.54) is 4.88 Å². The van der Waals surface area contributed by atoms with Crippen LogP contribution in [-0.2, 0) is 13.0 Å². The first-order chi connectivity index (χ1) is 14.7. The topological polar surface area (TPSA) is 80.7 Å². The molecule has 3 rings (SSSR count). The molecule has 0 spiro atoms. The molecule has 166 valence electrons. The number of rotatable bonds is 9. The molecule has 7 nitrogen and oxygen atoms in total. The van der Waals surface area contributed by atoms with Gasteiger partial charge < -0.3 is 20.1 Å². The van der Waals surface area contributed by atoms with Gasteiger partial charge in [0.2, 0.25) is 5.88 Å². The van der Waals surface area contributed by atoms with E-state index < -0.39 is 0 Å². The number of guanidine groups is 1. The third-order valence-electron chi connectivity index (χ3n) is 4.15. The Morgan fingerprint density at radius 3 is 2.52 bits per heavy atom. The molecule has 0 atom stereocenters. The van der Waals surface area contributed by atoms with E-state index in [1.807, 2.05) is 49.5 Å². The summed E-state index contributed by atoms with van der Waals surface area (Å²) in [5.74, 6) is 2.62. The molecule has 0 unspecified atom stereocenters. The summed E-state index contributed by atoms with van der Waals surface area (Å²) in [4.78, 5) is 14.3. The lowest BCUT2D eigenvalue weighted by molar-refractivity contribution is 0.319. The van der Waals surface area contributed by atoms with Crippen LogP contribution in [0.1, 0.15) is 22.4 Å². The number of aryl methyl sites for hydroxylation is 1. The van der Waals surface area contributed by atoms with Gasteiger partial charge in [-0.05, 0) is 31.5 Å². The maximum Gasteiger partial charge on any atom is 0.219 e. The van der Waals surface area contributed by atoms with Gasteiger partial charge in [-0.25, -0.2) is 9.97 Å². The first kappa shape index (κ1) is 24.9. The van der Waals surface area contributed by atoms with Crippen LogP contribution in [0.25, 0.3) is 0 Å². The molecular weight excluding hydrogens is 525 g/mol. The summed E-state index contributed by atoms with van der Waals surface area (Å²) in [5, 5.41) is 7.73. The fraction of sp³-hybridized carbons (Fsp3) is 0.318. The average Bonchev–Trinajstić information content (AvgIpc) is 3.18. The zero-order valence-corrected chi connectivity index (χ0v) is 21.1. The van der Waals surface area contributed by atoms with Gasteiger partial charge in [-0.3, -0.25) is 4.99 Å². The summed E-state index contributed by atoms with van der Waals surface area (Å²) in [5.41, 5.74) is 1.03. The minimum atomic E-state index is 0. The summed E-state index contributed by atoms with van der Waals surface area (Å²) < 4.78 is 11.4. The number of nitrogens with zero attached hydrogens (tertiary/aromatic N) is 3. The predicted octanol–water partition coefficient (Wildman–Crippen LogP) is 4.56. The van der Waals surface area contributed by atoms with Crippen LogP contribution < -0.4 is 20.1 Å². The van der Waals surface area contributed by atoms with Crippen molar-refractivity contribution < 1.29 is 9.47 Å². The van der Waals surface area contributed by atoms with E-state index in [0.29, 0.717) is 30.5 Å². The number of para-hydroxylation sites is 2. The Kier molecular flexibility index (Phi) is 10.5. The van der Waals surface area contributed by atoms with Crippen LogP contribution in [-0.4, -0.2) is 36.1 Å². The highest BCUT2D eigenvalue weighted by molar-refractivity contribution is 14.0. The first-order valence-corrected chi connectivity index (χ1v) is 10.7. The number of ether oxygens (including phenoxy) is 2. The Labute approximate surface area is 204 Å². The van der Waals surface area contributed by atoms with E-state index in [9.17, 15) is 0 Å². The Bertz CT molecular complexity index is 963. The molecule has 31 heavy (non-hydrogen) atoms. The van der Waals surface area contributed by atoms with Gasteiger partial charge in [0.1, 0.15) is 0 Å². The Morgan fingerprint density at radius 1 is 1.06 bits per heavy atom. The second-order valence-electron chi connectivity index (χ2n) is 6.45. The molecule has 0 saturated heterocycles. The summed E-state index contributed by atoms with van der Waals surface area (Å²) in [6, 6.07) is 11.4. The molecule has 0 aliphatic rings. The highest BCUT2D eigenvalue weighted by Crippen LogP contribution is 2.30. The van der Waals surface area contributed by atoms with Gasteiger partial charge in [0.15, 0.2) is 17.5 Å². The third kappa shape index (κ3) is 7.98. The molecular formula is C22H28IN5O2S. The van der Waals surface area contributed by atoms with Crippen molar-refractivity contribution in [1.29, 1.82) is 0 Å². The minimum absolute atomic E-state index is 0. The largest absolute Gasteiger partial charge is 0.490 e. The molecule has 1 aromatic carbocycles. The van der Waals surface area contributed by atoms with Crippen LogP contribution >= 0.6 is 35.3 Å². The maximum atomic E-state index is 5.86. The van der Waals surface area contributed by atoms with Gasteiger partial charge in [-0.1, -0.05) is 18.2 Å². The fourth-order valence-corrected chi connectivity index (χ4v) is 3.50. The van der Waals surface area contributed by atoms with Crippen LogP contribution in [0.2, 0.25) is 0 Å². The van der Waals surface area contributed by atoms with Gasteiger partial charge >= 0.3 is 0 Å². The lowest BCUT2D eigenvalue weighted by atomic mass is 10.3. The van der Waals surface area contributed by atoms with Crippen molar-refractivity contribution >= 4 is 41.3 Å². The zero-order chi connectivity index (χ0) is 21.2. The second kappa shape index (κ2) is 13.1. The molecule has 0 aliphatic heterocycles. The molecule has 0 amide bonds. The number of aromatic nitrogens is 2. The van der Waals surface area contributed by atoms with Gasteiger partial charge in [0.25, 0.3) is 0 Å². The number of hydrogen-bond donors (Lipinski definition) is 2. The highest BCUT2D eigenvalue weighted by atomic mass is 127. The fourth-order valence-electron chi connectivity index (χ4n) is 2.71. The van der Waals surface area contributed by atoms with E-state index in [4.69, 9.17) is 9.47 Å². The zero-order valence-electron chi connectivity index (χ0n) is 17.9. The van der Waals surface area contributed by atoms with Gasteiger partial charge in [0.05, 0.1) is 11.6 Å². The smallest absolute Gasteiger partial charge is 0.219 e. The lowest BCUT2D eigenvalue weighted by Crippen LogP contribution is -2.37. The van der Waals surface area contributed by atoms with Crippen LogP contribution in [0.5, 0.6) is 17.4 Å². The van der Waals surface area contributed by atoms with E-state index in [0.717, 1.165) is 29.5 Å². The van der Waals surface area contributed by atoms with Crippen molar-refractivity contribution in [1.82, 2.24) is 20.6 Å². The normalized spacial score (nSPS) is 10.9. The third-order valence-corrected chi connectivity index (χ3v) is 5.12. The van der Waals surface area contributed by atoms with E-state index in [1.54, 1.807) is 24.6 Å². The van der Waals surface area contributed by atoms with Crippen molar-refractivity contribution in [2.75, 3.05) is 20.2 Å². The van der Waals surface area contributed by atoms with Crippen molar-refractivity contribution in [2.45, 2.75) is 26.8 Å². The standard InChI is InChI=1S/C22H27N5O2S.HI/c1-4-28-18-7-5-6-8-19(18)29-20-10-9-17(14-25-20)15-27-22(23-3)24-12-11-21-26-13-16(2)30-21;/h5-10,13-14H,4,11-12,15H2,1-3H3,(H2,23,24,27);1H. The van der Waals surface area contributed by atoms with Crippen LogP contribution in [0, 0.1) is 6.92 Å². The molecule has 2 heterocycles. The minimum Gasteiger partial charge on any atom is -0.490 e.